The molecule has 1 atom stereocenters. The summed E-state index contributed by atoms with van der Waals surface area (Å²) in [6.07, 6.45) is 3.05. The Labute approximate surface area is 140 Å². The van der Waals surface area contributed by atoms with Gasteiger partial charge in [-0.05, 0) is 30.9 Å². The molecule has 1 unspecified atom stereocenters. The number of sulfonamides is 1. The van der Waals surface area contributed by atoms with Crippen molar-refractivity contribution in [3.05, 3.63) is 33.9 Å². The van der Waals surface area contributed by atoms with Crippen LogP contribution in [-0.2, 0) is 21.2 Å². The van der Waals surface area contributed by atoms with E-state index in [-0.39, 0.29) is 24.1 Å². The third kappa shape index (κ3) is 3.13. The van der Waals surface area contributed by atoms with Crippen LogP contribution in [0, 0.1) is 16.0 Å². The molecule has 130 valence electrons. The van der Waals surface area contributed by atoms with Crippen LogP contribution in [0.4, 0.5) is 11.4 Å². The highest BCUT2D eigenvalue weighted by Crippen LogP contribution is 2.33. The van der Waals surface area contributed by atoms with Gasteiger partial charge in [-0.1, -0.05) is 0 Å². The van der Waals surface area contributed by atoms with Crippen molar-refractivity contribution in [1.29, 1.82) is 0 Å². The molecular weight excluding hydrogens is 334 g/mol. The number of benzene rings is 1. The Balaban J connectivity index is 1.79. The van der Waals surface area contributed by atoms with E-state index in [1.54, 1.807) is 11.0 Å². The largest absolute Gasteiger partial charge is 0.312 e. The molecule has 1 aromatic rings. The van der Waals surface area contributed by atoms with Gasteiger partial charge >= 0.3 is 0 Å². The van der Waals surface area contributed by atoms with Crippen LogP contribution in [-0.4, -0.2) is 49.4 Å². The predicted molar refractivity (Wildman–Crippen MR) is 88.3 cm³/mol. The molecule has 3 rings (SSSR count). The molecule has 0 radical (unpaired) electrons. The molecule has 0 bridgehead atoms. The molecule has 2 aliphatic heterocycles. The fourth-order valence-electron chi connectivity index (χ4n) is 3.40. The molecule has 0 aromatic heterocycles. The maximum atomic E-state index is 12.8. The Morgan fingerprint density at radius 2 is 2.08 bits per heavy atom. The third-order valence-electron chi connectivity index (χ3n) is 4.64. The Kier molecular flexibility index (Phi) is 4.31. The molecule has 0 spiro atoms. The van der Waals surface area contributed by atoms with Crippen molar-refractivity contribution < 1.29 is 18.1 Å². The summed E-state index contributed by atoms with van der Waals surface area (Å²) in [7, 11) is -3.30. The van der Waals surface area contributed by atoms with Crippen LogP contribution in [0.5, 0.6) is 0 Å². The first-order valence-corrected chi connectivity index (χ1v) is 9.66. The van der Waals surface area contributed by atoms with Crippen molar-refractivity contribution in [2.75, 3.05) is 30.8 Å². The first-order valence-electron chi connectivity index (χ1n) is 7.81. The number of hydrogen-bond donors (Lipinski definition) is 0. The topological polar surface area (TPSA) is 101 Å². The second-order valence-corrected chi connectivity index (χ2v) is 8.25. The summed E-state index contributed by atoms with van der Waals surface area (Å²) in [5, 5.41) is 10.9. The van der Waals surface area contributed by atoms with Gasteiger partial charge in [0.15, 0.2) is 0 Å². The van der Waals surface area contributed by atoms with E-state index >= 15 is 0 Å². The number of nitrogens with zero attached hydrogens (tertiary/aromatic N) is 3. The molecule has 24 heavy (non-hydrogen) atoms. The highest BCUT2D eigenvalue weighted by Gasteiger charge is 2.35. The lowest BCUT2D eigenvalue weighted by Gasteiger charge is -2.32. The molecule has 1 amide bonds. The molecule has 1 aromatic carbocycles. The Hall–Kier alpha value is -2.00. The standard InChI is InChI=1S/C15H19N3O5S/c1-24(22,23)16-7-2-3-12(10-16)15(19)17-8-6-11-9-13(18(20)21)4-5-14(11)17/h4-5,9,12H,2-3,6-8,10H2,1H3. The van der Waals surface area contributed by atoms with Gasteiger partial charge in [0.25, 0.3) is 5.69 Å². The molecule has 2 heterocycles. The SMILES string of the molecule is CS(=O)(=O)N1CCCC(C(=O)N2CCc3cc([N+](=O)[O-])ccc32)C1. The van der Waals surface area contributed by atoms with Crippen molar-refractivity contribution >= 4 is 27.3 Å². The number of rotatable bonds is 3. The highest BCUT2D eigenvalue weighted by atomic mass is 32.2. The lowest BCUT2D eigenvalue weighted by molar-refractivity contribution is -0.384. The number of non-ortho nitro benzene ring substituents is 1. The summed E-state index contributed by atoms with van der Waals surface area (Å²) < 4.78 is 24.8. The van der Waals surface area contributed by atoms with Crippen molar-refractivity contribution in [3.63, 3.8) is 0 Å². The number of carbonyl (C=O) groups is 1. The minimum atomic E-state index is -3.30. The minimum absolute atomic E-state index is 0.0176. The summed E-state index contributed by atoms with van der Waals surface area (Å²) >= 11 is 0. The van der Waals surface area contributed by atoms with Crippen molar-refractivity contribution in [3.8, 4) is 0 Å². The van der Waals surface area contributed by atoms with E-state index < -0.39 is 14.9 Å². The van der Waals surface area contributed by atoms with Gasteiger partial charge in [-0.2, -0.15) is 0 Å². The zero-order valence-electron chi connectivity index (χ0n) is 13.3. The molecule has 0 aliphatic carbocycles. The molecule has 1 saturated heterocycles. The fourth-order valence-corrected chi connectivity index (χ4v) is 4.31. The maximum absolute atomic E-state index is 12.8. The number of piperidine rings is 1. The van der Waals surface area contributed by atoms with Gasteiger partial charge in [-0.15, -0.1) is 0 Å². The molecule has 2 aliphatic rings. The third-order valence-corrected chi connectivity index (χ3v) is 5.91. The lowest BCUT2D eigenvalue weighted by atomic mass is 9.98. The molecule has 0 N–H and O–H groups in total. The number of carbonyl (C=O) groups excluding carboxylic acids is 1. The second-order valence-electron chi connectivity index (χ2n) is 6.27. The van der Waals surface area contributed by atoms with Crippen molar-refractivity contribution in [2.24, 2.45) is 5.92 Å². The van der Waals surface area contributed by atoms with E-state index in [1.807, 2.05) is 0 Å². The highest BCUT2D eigenvalue weighted by molar-refractivity contribution is 7.88. The number of fused-ring (bicyclic) bond motifs is 1. The van der Waals surface area contributed by atoms with Crippen LogP contribution in [0.2, 0.25) is 0 Å². The zero-order valence-corrected chi connectivity index (χ0v) is 14.2. The number of amides is 1. The Morgan fingerprint density at radius 3 is 2.75 bits per heavy atom. The first kappa shape index (κ1) is 16.8. The summed E-state index contributed by atoms with van der Waals surface area (Å²) in [5.41, 5.74) is 1.50. The summed E-state index contributed by atoms with van der Waals surface area (Å²) in [5.74, 6) is -0.467. The number of nitro groups is 1. The predicted octanol–water partition coefficient (Wildman–Crippen LogP) is 1.16. The van der Waals surface area contributed by atoms with E-state index in [9.17, 15) is 23.3 Å². The van der Waals surface area contributed by atoms with Gasteiger partial charge in [0, 0.05) is 37.5 Å². The summed E-state index contributed by atoms with van der Waals surface area (Å²) in [4.78, 5) is 24.9. The van der Waals surface area contributed by atoms with Crippen LogP contribution >= 0.6 is 0 Å². The van der Waals surface area contributed by atoms with Gasteiger partial charge in [0.2, 0.25) is 15.9 Å². The van der Waals surface area contributed by atoms with Crippen molar-refractivity contribution in [2.45, 2.75) is 19.3 Å². The Morgan fingerprint density at radius 1 is 1.33 bits per heavy atom. The molecule has 9 heteroatoms. The van der Waals surface area contributed by atoms with Crippen LogP contribution in [0.25, 0.3) is 0 Å². The molecule has 8 nitrogen and oxygen atoms in total. The van der Waals surface area contributed by atoms with E-state index in [0.717, 1.165) is 11.8 Å². The quantitative estimate of drug-likeness (QED) is 0.599. The molecule has 0 saturated carbocycles. The normalized spacial score (nSPS) is 21.5. The van der Waals surface area contributed by atoms with Crippen LogP contribution in [0.3, 0.4) is 0 Å². The maximum Gasteiger partial charge on any atom is 0.269 e. The van der Waals surface area contributed by atoms with Crippen LogP contribution in [0.1, 0.15) is 18.4 Å². The zero-order chi connectivity index (χ0) is 17.5. The smallest absolute Gasteiger partial charge is 0.269 e. The van der Waals surface area contributed by atoms with E-state index in [1.165, 1.54) is 16.4 Å². The number of nitro benzene ring substituents is 1. The Bertz CT molecular complexity index is 792. The minimum Gasteiger partial charge on any atom is -0.312 e. The average molecular weight is 353 g/mol. The van der Waals surface area contributed by atoms with E-state index in [2.05, 4.69) is 0 Å². The van der Waals surface area contributed by atoms with Crippen LogP contribution < -0.4 is 4.90 Å². The average Bonchev–Trinajstić information content (AvgIpc) is 2.96. The van der Waals surface area contributed by atoms with Crippen molar-refractivity contribution in [1.82, 2.24) is 4.31 Å². The lowest BCUT2D eigenvalue weighted by Crippen LogP contribution is -2.46. The van der Waals surface area contributed by atoms with E-state index in [0.29, 0.717) is 38.0 Å². The van der Waals surface area contributed by atoms with Gasteiger partial charge in [-0.3, -0.25) is 14.9 Å². The molecular formula is C15H19N3O5S. The number of hydrogen-bond acceptors (Lipinski definition) is 5. The van der Waals surface area contributed by atoms with Crippen LogP contribution in [0.15, 0.2) is 18.2 Å². The summed E-state index contributed by atoms with van der Waals surface area (Å²) in [6.45, 7) is 1.13. The van der Waals surface area contributed by atoms with E-state index in [4.69, 9.17) is 0 Å². The van der Waals surface area contributed by atoms with Gasteiger partial charge in [0.1, 0.15) is 0 Å². The van der Waals surface area contributed by atoms with Gasteiger partial charge < -0.3 is 4.90 Å². The van der Waals surface area contributed by atoms with Gasteiger partial charge in [-0.25, -0.2) is 12.7 Å². The second kappa shape index (κ2) is 6.14. The number of anilines is 1. The monoisotopic (exact) mass is 353 g/mol. The first-order chi connectivity index (χ1) is 11.3. The van der Waals surface area contributed by atoms with Gasteiger partial charge in [0.05, 0.1) is 17.1 Å². The molecule has 1 fully saturated rings. The fraction of sp³-hybridized carbons (Fsp3) is 0.533. The summed E-state index contributed by atoms with van der Waals surface area (Å²) in [6, 6.07) is 4.51.